The van der Waals surface area contributed by atoms with Gasteiger partial charge in [-0.2, -0.15) is 0 Å². The maximum absolute atomic E-state index is 13.0. The van der Waals surface area contributed by atoms with Crippen LogP contribution in [0.3, 0.4) is 0 Å². The van der Waals surface area contributed by atoms with Crippen LogP contribution in [0.15, 0.2) is 24.3 Å². The summed E-state index contributed by atoms with van der Waals surface area (Å²) in [5.41, 5.74) is 0.139. The number of hydrogen-bond donors (Lipinski definition) is 2. The molecule has 0 radical (unpaired) electrons. The summed E-state index contributed by atoms with van der Waals surface area (Å²) >= 11 is 0. The highest BCUT2D eigenvalue weighted by Crippen LogP contribution is 2.37. The fourth-order valence-electron chi connectivity index (χ4n) is 3.02. The summed E-state index contributed by atoms with van der Waals surface area (Å²) in [6.45, 7) is 5.55. The van der Waals surface area contributed by atoms with E-state index < -0.39 is 11.4 Å². The molecule has 114 valence electrons. The van der Waals surface area contributed by atoms with Gasteiger partial charge in [-0.3, -0.25) is 4.79 Å². The van der Waals surface area contributed by atoms with Gasteiger partial charge in [-0.1, -0.05) is 26.0 Å². The van der Waals surface area contributed by atoms with Crippen LogP contribution in [0.25, 0.3) is 0 Å². The molecule has 1 aromatic rings. The van der Waals surface area contributed by atoms with Gasteiger partial charge in [0, 0.05) is 13.6 Å². The molecule has 0 saturated carbocycles. The highest BCUT2D eigenvalue weighted by atomic mass is 16.4. The van der Waals surface area contributed by atoms with Crippen molar-refractivity contribution >= 4 is 17.6 Å². The topological polar surface area (TPSA) is 69.6 Å². The van der Waals surface area contributed by atoms with Crippen molar-refractivity contribution < 1.29 is 14.7 Å². The van der Waals surface area contributed by atoms with E-state index in [-0.39, 0.29) is 17.4 Å². The number of carbonyl (C=O) groups excluding carboxylic acids is 1. The number of hydrogen-bond acceptors (Lipinski definition) is 3. The molecule has 1 aromatic carbocycles. The predicted octanol–water partition coefficient (Wildman–Crippen LogP) is 1.98. The largest absolute Gasteiger partial charge is 0.478 e. The highest BCUT2D eigenvalue weighted by molar-refractivity contribution is 6.03. The summed E-state index contributed by atoms with van der Waals surface area (Å²) < 4.78 is 0. The third-order valence-electron chi connectivity index (χ3n) is 4.52. The standard InChI is InChI=1S/C16H22N2O3/c1-11(2)16(8-9-17-10-16)15(21)18(3)13-7-5-4-6-12(13)14(19)20/h4-7,11,17H,8-10H2,1-3H3,(H,19,20). The molecule has 0 aromatic heterocycles. The van der Waals surface area contributed by atoms with E-state index >= 15 is 0 Å². The molecular formula is C16H22N2O3. The predicted molar refractivity (Wildman–Crippen MR) is 81.6 cm³/mol. The van der Waals surface area contributed by atoms with Gasteiger partial charge in [0.1, 0.15) is 0 Å². The van der Waals surface area contributed by atoms with Gasteiger partial charge in [-0.25, -0.2) is 4.79 Å². The van der Waals surface area contributed by atoms with Gasteiger partial charge in [-0.05, 0) is 31.0 Å². The zero-order valence-electron chi connectivity index (χ0n) is 12.7. The summed E-state index contributed by atoms with van der Waals surface area (Å²) in [7, 11) is 1.66. The summed E-state index contributed by atoms with van der Waals surface area (Å²) in [6, 6.07) is 6.62. The molecule has 5 nitrogen and oxygen atoms in total. The molecule has 2 N–H and O–H groups in total. The second-order valence-electron chi connectivity index (χ2n) is 5.92. The Morgan fingerprint density at radius 1 is 1.33 bits per heavy atom. The number of anilines is 1. The van der Waals surface area contributed by atoms with Gasteiger partial charge < -0.3 is 15.3 Å². The molecule has 0 aliphatic carbocycles. The number of benzene rings is 1. The minimum absolute atomic E-state index is 0.0174. The summed E-state index contributed by atoms with van der Waals surface area (Å²) in [5.74, 6) is -0.843. The molecule has 2 rings (SSSR count). The SMILES string of the molecule is CC(C)C1(C(=O)N(C)c2ccccc2C(=O)O)CCNC1. The molecule has 21 heavy (non-hydrogen) atoms. The van der Waals surface area contributed by atoms with Crippen LogP contribution in [0.1, 0.15) is 30.6 Å². The number of nitrogens with zero attached hydrogens (tertiary/aromatic N) is 1. The van der Waals surface area contributed by atoms with Crippen LogP contribution in [0, 0.1) is 11.3 Å². The number of carboxylic acids is 1. The van der Waals surface area contributed by atoms with Crippen molar-refractivity contribution in [2.45, 2.75) is 20.3 Å². The number of carbonyl (C=O) groups is 2. The zero-order valence-corrected chi connectivity index (χ0v) is 12.7. The van der Waals surface area contributed by atoms with E-state index in [0.717, 1.165) is 13.0 Å². The fraction of sp³-hybridized carbons (Fsp3) is 0.500. The van der Waals surface area contributed by atoms with Gasteiger partial charge in [0.25, 0.3) is 0 Å². The third-order valence-corrected chi connectivity index (χ3v) is 4.52. The van der Waals surface area contributed by atoms with E-state index in [2.05, 4.69) is 5.32 Å². The third kappa shape index (κ3) is 2.65. The summed E-state index contributed by atoms with van der Waals surface area (Å²) in [4.78, 5) is 25.8. The van der Waals surface area contributed by atoms with Crippen molar-refractivity contribution in [3.8, 4) is 0 Å². The highest BCUT2D eigenvalue weighted by Gasteiger charge is 2.45. The Labute approximate surface area is 125 Å². The van der Waals surface area contributed by atoms with Gasteiger partial charge in [-0.15, -0.1) is 0 Å². The van der Waals surface area contributed by atoms with Crippen molar-refractivity contribution in [2.24, 2.45) is 11.3 Å². The monoisotopic (exact) mass is 290 g/mol. The molecule has 1 saturated heterocycles. The van der Waals surface area contributed by atoms with Crippen molar-refractivity contribution in [3.63, 3.8) is 0 Å². The molecule has 0 bridgehead atoms. The van der Waals surface area contributed by atoms with Gasteiger partial charge >= 0.3 is 5.97 Å². The molecule has 1 amide bonds. The molecule has 5 heteroatoms. The molecule has 1 atom stereocenters. The molecule has 1 unspecified atom stereocenters. The summed E-state index contributed by atoms with van der Waals surface area (Å²) in [6.07, 6.45) is 0.781. The van der Waals surface area contributed by atoms with Crippen LogP contribution in [0.2, 0.25) is 0 Å². The van der Waals surface area contributed by atoms with Crippen molar-refractivity contribution in [1.29, 1.82) is 0 Å². The van der Waals surface area contributed by atoms with E-state index in [1.165, 1.54) is 11.0 Å². The minimum atomic E-state index is -1.02. The van der Waals surface area contributed by atoms with Gasteiger partial charge in [0.15, 0.2) is 0 Å². The first-order valence-corrected chi connectivity index (χ1v) is 7.21. The molecule has 1 aliphatic rings. The Morgan fingerprint density at radius 3 is 2.52 bits per heavy atom. The second-order valence-corrected chi connectivity index (χ2v) is 5.92. The Morgan fingerprint density at radius 2 is 2.00 bits per heavy atom. The fourth-order valence-corrected chi connectivity index (χ4v) is 3.02. The van der Waals surface area contributed by atoms with Crippen LogP contribution < -0.4 is 10.2 Å². The zero-order chi connectivity index (χ0) is 15.6. The minimum Gasteiger partial charge on any atom is -0.478 e. The first-order chi connectivity index (χ1) is 9.90. The van der Waals surface area contributed by atoms with E-state index in [1.54, 1.807) is 25.2 Å². The maximum Gasteiger partial charge on any atom is 0.337 e. The lowest BCUT2D eigenvalue weighted by atomic mass is 9.75. The van der Waals surface area contributed by atoms with Crippen LogP contribution in [-0.2, 0) is 4.79 Å². The van der Waals surface area contributed by atoms with E-state index in [1.807, 2.05) is 13.8 Å². The van der Waals surface area contributed by atoms with E-state index in [0.29, 0.717) is 12.2 Å². The van der Waals surface area contributed by atoms with Crippen LogP contribution in [0.5, 0.6) is 0 Å². The number of aromatic carboxylic acids is 1. The Hall–Kier alpha value is -1.88. The summed E-state index contributed by atoms with van der Waals surface area (Å²) in [5, 5.41) is 12.5. The lowest BCUT2D eigenvalue weighted by molar-refractivity contribution is -0.129. The van der Waals surface area contributed by atoms with Crippen molar-refractivity contribution in [1.82, 2.24) is 5.32 Å². The average molecular weight is 290 g/mol. The number of nitrogens with one attached hydrogen (secondary N) is 1. The van der Waals surface area contributed by atoms with Crippen LogP contribution >= 0.6 is 0 Å². The number of para-hydroxylation sites is 1. The van der Waals surface area contributed by atoms with Crippen molar-refractivity contribution in [2.75, 3.05) is 25.0 Å². The van der Waals surface area contributed by atoms with E-state index in [4.69, 9.17) is 0 Å². The molecule has 1 aliphatic heterocycles. The number of carboxylic acid groups (broad SMARTS) is 1. The Balaban J connectivity index is 2.38. The van der Waals surface area contributed by atoms with Gasteiger partial charge in [0.2, 0.25) is 5.91 Å². The first kappa shape index (κ1) is 15.5. The number of rotatable bonds is 4. The van der Waals surface area contributed by atoms with Crippen LogP contribution in [-0.4, -0.2) is 37.1 Å². The second kappa shape index (κ2) is 5.85. The molecule has 0 spiro atoms. The van der Waals surface area contributed by atoms with Crippen LogP contribution in [0.4, 0.5) is 5.69 Å². The Bertz CT molecular complexity index is 548. The molecule has 1 fully saturated rings. The quantitative estimate of drug-likeness (QED) is 0.889. The lowest BCUT2D eigenvalue weighted by Gasteiger charge is -2.35. The smallest absolute Gasteiger partial charge is 0.337 e. The number of amides is 1. The molecular weight excluding hydrogens is 268 g/mol. The average Bonchev–Trinajstić information content (AvgIpc) is 2.96. The maximum atomic E-state index is 13.0. The van der Waals surface area contributed by atoms with Gasteiger partial charge in [0.05, 0.1) is 16.7 Å². The van der Waals surface area contributed by atoms with Crippen molar-refractivity contribution in [3.05, 3.63) is 29.8 Å². The van der Waals surface area contributed by atoms with E-state index in [9.17, 15) is 14.7 Å². The Kier molecular flexibility index (Phi) is 4.32. The lowest BCUT2D eigenvalue weighted by Crippen LogP contribution is -2.47. The normalized spacial score (nSPS) is 21.5. The molecule has 1 heterocycles. The first-order valence-electron chi connectivity index (χ1n) is 7.21.